The quantitative estimate of drug-likeness (QED) is 0.510. The average molecular weight is 337 g/mol. The van der Waals surface area contributed by atoms with Crippen molar-refractivity contribution in [3.8, 4) is 0 Å². The summed E-state index contributed by atoms with van der Waals surface area (Å²) in [7, 11) is 0. The predicted molar refractivity (Wildman–Crippen MR) is 90.0 cm³/mol. The number of nitrogens with two attached hydrogens (primary N) is 2. The SMILES string of the molecule is CC(N)C(N=C(N)c1ccc(Cl)nc1)=Nc1ccc(Cl)cn1. The Kier molecular flexibility index (Phi) is 5.43. The van der Waals surface area contributed by atoms with Crippen LogP contribution < -0.4 is 11.5 Å². The summed E-state index contributed by atoms with van der Waals surface area (Å²) in [5.74, 6) is 1.04. The van der Waals surface area contributed by atoms with Gasteiger partial charge in [0.2, 0.25) is 0 Å². The van der Waals surface area contributed by atoms with Crippen molar-refractivity contribution >= 4 is 40.7 Å². The molecule has 0 aromatic carbocycles. The van der Waals surface area contributed by atoms with Gasteiger partial charge in [0.15, 0.2) is 5.82 Å². The van der Waals surface area contributed by atoms with E-state index in [1.807, 2.05) is 0 Å². The molecule has 2 rings (SSSR count). The fraction of sp³-hybridized carbons (Fsp3) is 0.143. The van der Waals surface area contributed by atoms with Crippen LogP contribution in [0, 0.1) is 0 Å². The van der Waals surface area contributed by atoms with Gasteiger partial charge in [-0.1, -0.05) is 23.2 Å². The molecule has 0 amide bonds. The molecule has 6 nitrogen and oxygen atoms in total. The standard InChI is InChI=1S/C14H14Cl2N6/c1-8(17)14(21-12-5-3-10(15)7-20-12)22-13(18)9-2-4-11(16)19-6-9/h2-8H,17H2,1H3,(H2,18,20,21,22). The van der Waals surface area contributed by atoms with Gasteiger partial charge in [0.25, 0.3) is 0 Å². The van der Waals surface area contributed by atoms with Crippen molar-refractivity contribution in [2.45, 2.75) is 13.0 Å². The van der Waals surface area contributed by atoms with Gasteiger partial charge in [0.05, 0.1) is 11.1 Å². The molecule has 0 aliphatic rings. The van der Waals surface area contributed by atoms with E-state index in [-0.39, 0.29) is 5.84 Å². The van der Waals surface area contributed by atoms with Crippen LogP contribution in [0.3, 0.4) is 0 Å². The molecule has 2 heterocycles. The van der Waals surface area contributed by atoms with Crippen LogP contribution in [0.5, 0.6) is 0 Å². The third kappa shape index (κ3) is 4.49. The summed E-state index contributed by atoms with van der Waals surface area (Å²) in [6, 6.07) is 6.27. The van der Waals surface area contributed by atoms with Crippen LogP contribution in [-0.2, 0) is 0 Å². The van der Waals surface area contributed by atoms with Gasteiger partial charge in [-0.15, -0.1) is 0 Å². The van der Waals surface area contributed by atoms with E-state index in [9.17, 15) is 0 Å². The number of hydrogen-bond donors (Lipinski definition) is 2. The maximum absolute atomic E-state index is 5.95. The second-order valence-electron chi connectivity index (χ2n) is 4.46. The third-order valence-corrected chi connectivity index (χ3v) is 3.05. The number of pyridine rings is 2. The highest BCUT2D eigenvalue weighted by Crippen LogP contribution is 2.13. The van der Waals surface area contributed by atoms with Crippen molar-refractivity contribution in [3.63, 3.8) is 0 Å². The number of hydrogen-bond acceptors (Lipinski definition) is 4. The Hall–Kier alpha value is -2.02. The first-order valence-electron chi connectivity index (χ1n) is 6.37. The molecule has 0 fully saturated rings. The van der Waals surface area contributed by atoms with Gasteiger partial charge < -0.3 is 11.5 Å². The smallest absolute Gasteiger partial charge is 0.154 e. The summed E-state index contributed by atoms with van der Waals surface area (Å²) in [6.45, 7) is 1.76. The van der Waals surface area contributed by atoms with E-state index in [0.717, 1.165) is 0 Å². The lowest BCUT2D eigenvalue weighted by atomic mass is 10.2. The van der Waals surface area contributed by atoms with Crippen LogP contribution in [0.25, 0.3) is 0 Å². The number of aromatic nitrogens is 2. The van der Waals surface area contributed by atoms with E-state index in [2.05, 4.69) is 20.0 Å². The van der Waals surface area contributed by atoms with Crippen molar-refractivity contribution < 1.29 is 0 Å². The van der Waals surface area contributed by atoms with Gasteiger partial charge in [-0.05, 0) is 31.2 Å². The number of rotatable bonds is 3. The highest BCUT2D eigenvalue weighted by atomic mass is 35.5. The number of nitrogens with zero attached hydrogens (tertiary/aromatic N) is 4. The van der Waals surface area contributed by atoms with Crippen molar-refractivity contribution in [2.24, 2.45) is 21.5 Å². The number of aliphatic imine (C=N–C) groups is 2. The van der Waals surface area contributed by atoms with Gasteiger partial charge in [0.1, 0.15) is 16.8 Å². The summed E-state index contributed by atoms with van der Waals surface area (Å²) < 4.78 is 0. The van der Waals surface area contributed by atoms with E-state index in [1.54, 1.807) is 31.2 Å². The molecule has 0 saturated heterocycles. The molecule has 0 saturated carbocycles. The van der Waals surface area contributed by atoms with Gasteiger partial charge in [-0.3, -0.25) is 0 Å². The van der Waals surface area contributed by atoms with Gasteiger partial charge in [-0.2, -0.15) is 0 Å². The molecule has 0 spiro atoms. The van der Waals surface area contributed by atoms with Crippen LogP contribution in [-0.4, -0.2) is 27.7 Å². The lowest BCUT2D eigenvalue weighted by Gasteiger charge is -2.07. The molecule has 0 bridgehead atoms. The molecule has 8 heteroatoms. The summed E-state index contributed by atoms with van der Waals surface area (Å²) in [5.41, 5.74) is 12.5. The Balaban J connectivity index is 2.33. The Morgan fingerprint density at radius 3 is 2.45 bits per heavy atom. The normalized spacial score (nSPS) is 14.0. The Bertz CT molecular complexity index is 692. The van der Waals surface area contributed by atoms with Crippen molar-refractivity contribution in [1.29, 1.82) is 0 Å². The fourth-order valence-corrected chi connectivity index (χ4v) is 1.72. The van der Waals surface area contributed by atoms with Crippen LogP contribution >= 0.6 is 23.2 Å². The molecular formula is C14H14Cl2N6. The topological polar surface area (TPSA) is 103 Å². The predicted octanol–water partition coefficient (Wildman–Crippen LogP) is 2.57. The molecule has 22 heavy (non-hydrogen) atoms. The number of amidine groups is 2. The maximum atomic E-state index is 5.95. The summed E-state index contributed by atoms with van der Waals surface area (Å²) in [5, 5.41) is 0.902. The van der Waals surface area contributed by atoms with E-state index >= 15 is 0 Å². The monoisotopic (exact) mass is 336 g/mol. The molecule has 0 aliphatic heterocycles. The van der Waals surface area contributed by atoms with Crippen LogP contribution in [0.2, 0.25) is 10.2 Å². The lowest BCUT2D eigenvalue weighted by Crippen LogP contribution is -2.28. The van der Waals surface area contributed by atoms with Crippen molar-refractivity contribution in [1.82, 2.24) is 9.97 Å². The molecule has 2 aromatic heterocycles. The minimum Gasteiger partial charge on any atom is -0.383 e. The van der Waals surface area contributed by atoms with E-state index < -0.39 is 6.04 Å². The third-order valence-electron chi connectivity index (χ3n) is 2.61. The summed E-state index contributed by atoms with van der Waals surface area (Å²) in [4.78, 5) is 16.6. The molecule has 0 radical (unpaired) electrons. The van der Waals surface area contributed by atoms with Crippen molar-refractivity contribution in [2.75, 3.05) is 0 Å². The molecule has 1 unspecified atom stereocenters. The molecule has 4 N–H and O–H groups in total. The maximum Gasteiger partial charge on any atom is 0.154 e. The highest BCUT2D eigenvalue weighted by molar-refractivity contribution is 6.30. The fourth-order valence-electron chi connectivity index (χ4n) is 1.50. The summed E-state index contributed by atoms with van der Waals surface area (Å²) >= 11 is 11.5. The Morgan fingerprint density at radius 2 is 1.91 bits per heavy atom. The zero-order valence-electron chi connectivity index (χ0n) is 11.7. The highest BCUT2D eigenvalue weighted by Gasteiger charge is 2.08. The van der Waals surface area contributed by atoms with Gasteiger partial charge in [0, 0.05) is 18.0 Å². The Morgan fingerprint density at radius 1 is 1.14 bits per heavy atom. The number of halogens is 2. The van der Waals surface area contributed by atoms with Crippen molar-refractivity contribution in [3.05, 3.63) is 52.4 Å². The molecule has 0 aliphatic carbocycles. The zero-order valence-corrected chi connectivity index (χ0v) is 13.3. The van der Waals surface area contributed by atoms with E-state index in [0.29, 0.717) is 27.4 Å². The van der Waals surface area contributed by atoms with E-state index in [4.69, 9.17) is 34.7 Å². The van der Waals surface area contributed by atoms with Crippen LogP contribution in [0.15, 0.2) is 46.6 Å². The second-order valence-corrected chi connectivity index (χ2v) is 5.28. The van der Waals surface area contributed by atoms with E-state index in [1.165, 1.54) is 12.4 Å². The second kappa shape index (κ2) is 7.31. The molecule has 1 atom stereocenters. The van der Waals surface area contributed by atoms with Crippen LogP contribution in [0.1, 0.15) is 12.5 Å². The molecule has 114 valence electrons. The van der Waals surface area contributed by atoms with Crippen LogP contribution in [0.4, 0.5) is 5.82 Å². The zero-order chi connectivity index (χ0) is 16.1. The first-order valence-corrected chi connectivity index (χ1v) is 7.13. The minimum atomic E-state index is -0.420. The first-order chi connectivity index (χ1) is 10.5. The Labute approximate surface area is 137 Å². The molecular weight excluding hydrogens is 323 g/mol. The average Bonchev–Trinajstić information content (AvgIpc) is 2.49. The molecule has 2 aromatic rings. The van der Waals surface area contributed by atoms with Gasteiger partial charge >= 0.3 is 0 Å². The first kappa shape index (κ1) is 16.4. The summed E-state index contributed by atoms with van der Waals surface area (Å²) in [6.07, 6.45) is 3.02. The largest absolute Gasteiger partial charge is 0.383 e. The van der Waals surface area contributed by atoms with Gasteiger partial charge in [-0.25, -0.2) is 20.0 Å². The lowest BCUT2D eigenvalue weighted by molar-refractivity contribution is 0.957. The minimum absolute atomic E-state index is 0.245.